The van der Waals surface area contributed by atoms with Crippen LogP contribution in [0.25, 0.3) is 0 Å². The van der Waals surface area contributed by atoms with E-state index in [1.807, 2.05) is 0 Å². The molecule has 0 saturated heterocycles. The smallest absolute Gasteiger partial charge is 0.356 e. The molecule has 0 spiro atoms. The fraction of sp³-hybridized carbons (Fsp3) is 0.500. The van der Waals surface area contributed by atoms with E-state index < -0.39 is 29.1 Å². The molecule has 1 aliphatic rings. The van der Waals surface area contributed by atoms with Gasteiger partial charge in [-0.15, -0.1) is 0 Å². The molecule has 1 heterocycles. The van der Waals surface area contributed by atoms with E-state index in [-0.39, 0.29) is 12.0 Å². The van der Waals surface area contributed by atoms with Crippen molar-refractivity contribution in [2.75, 3.05) is 0 Å². The maximum absolute atomic E-state index is 15.3. The zero-order valence-corrected chi connectivity index (χ0v) is 12.6. The monoisotopic (exact) mass is 294 g/mol. The molecule has 21 heavy (non-hydrogen) atoms. The zero-order chi connectivity index (χ0) is 15.8. The Balaban J connectivity index is 2.46. The molecule has 0 N–H and O–H groups in total. The molecule has 0 bridgehead atoms. The summed E-state index contributed by atoms with van der Waals surface area (Å²) < 4.78 is 25.9. The Kier molecular flexibility index (Phi) is 3.78. The van der Waals surface area contributed by atoms with Crippen LogP contribution in [0.3, 0.4) is 0 Å². The highest BCUT2D eigenvalue weighted by molar-refractivity contribution is 6.18. The summed E-state index contributed by atoms with van der Waals surface area (Å²) in [4.78, 5) is 24.7. The van der Waals surface area contributed by atoms with E-state index in [1.54, 1.807) is 45.9 Å². The van der Waals surface area contributed by atoms with Crippen LogP contribution in [-0.4, -0.2) is 29.1 Å². The van der Waals surface area contributed by atoms with E-state index in [0.29, 0.717) is 5.75 Å². The lowest BCUT2D eigenvalue weighted by molar-refractivity contribution is -0.172. The second kappa shape index (κ2) is 5.13. The van der Waals surface area contributed by atoms with Gasteiger partial charge in [0, 0.05) is 0 Å². The van der Waals surface area contributed by atoms with Crippen molar-refractivity contribution in [2.45, 2.75) is 51.5 Å². The van der Waals surface area contributed by atoms with Crippen LogP contribution < -0.4 is 4.74 Å². The number of hydrogen-bond acceptors (Lipinski definition) is 4. The first kappa shape index (κ1) is 15.5. The molecular formula is C16H19FO4. The highest BCUT2D eigenvalue weighted by Gasteiger charge is 2.59. The maximum atomic E-state index is 15.3. The molecule has 114 valence electrons. The lowest BCUT2D eigenvalue weighted by Gasteiger charge is -2.36. The van der Waals surface area contributed by atoms with Gasteiger partial charge in [-0.25, -0.2) is 9.18 Å². The van der Waals surface area contributed by atoms with Gasteiger partial charge in [-0.3, -0.25) is 4.79 Å². The molecule has 0 aliphatic carbocycles. The molecule has 0 saturated carbocycles. The van der Waals surface area contributed by atoms with Crippen molar-refractivity contribution in [2.24, 2.45) is 0 Å². The molecule has 1 aromatic rings. The van der Waals surface area contributed by atoms with Gasteiger partial charge in [-0.05, 0) is 39.3 Å². The summed E-state index contributed by atoms with van der Waals surface area (Å²) in [5.41, 5.74) is -3.63. The SMILES string of the molecule is CC[C@H]1Oc2ccccc2C(=O)[C@@]1(F)C(=O)OC(C)(C)C. The number of benzene rings is 1. The van der Waals surface area contributed by atoms with Crippen LogP contribution in [0.5, 0.6) is 5.75 Å². The Morgan fingerprint density at radius 1 is 1.38 bits per heavy atom. The van der Waals surface area contributed by atoms with E-state index >= 15 is 4.39 Å². The largest absolute Gasteiger partial charge is 0.485 e. The quantitative estimate of drug-likeness (QED) is 0.621. The number of para-hydroxylation sites is 1. The van der Waals surface area contributed by atoms with Crippen LogP contribution in [0.15, 0.2) is 24.3 Å². The van der Waals surface area contributed by atoms with Crippen molar-refractivity contribution in [3.63, 3.8) is 0 Å². The van der Waals surface area contributed by atoms with E-state index in [9.17, 15) is 9.59 Å². The normalized spacial score (nSPS) is 25.0. The zero-order valence-electron chi connectivity index (χ0n) is 12.6. The molecule has 1 aliphatic heterocycles. The molecule has 2 rings (SSSR count). The molecule has 1 aromatic carbocycles. The average Bonchev–Trinajstić information content (AvgIpc) is 2.40. The third-order valence-electron chi connectivity index (χ3n) is 3.24. The van der Waals surface area contributed by atoms with Gasteiger partial charge in [0.25, 0.3) is 0 Å². The Labute approximate surface area is 123 Å². The Morgan fingerprint density at radius 3 is 2.57 bits per heavy atom. The number of esters is 1. The average molecular weight is 294 g/mol. The third kappa shape index (κ3) is 2.64. The Morgan fingerprint density at radius 2 is 2.00 bits per heavy atom. The van der Waals surface area contributed by atoms with Crippen LogP contribution in [0, 0.1) is 0 Å². The van der Waals surface area contributed by atoms with Crippen molar-refractivity contribution in [1.82, 2.24) is 0 Å². The van der Waals surface area contributed by atoms with Gasteiger partial charge in [0.05, 0.1) is 5.56 Å². The number of hydrogen-bond donors (Lipinski definition) is 0. The topological polar surface area (TPSA) is 52.6 Å². The number of carbonyl (C=O) groups is 2. The fourth-order valence-corrected chi connectivity index (χ4v) is 2.27. The van der Waals surface area contributed by atoms with Crippen LogP contribution in [0.4, 0.5) is 4.39 Å². The second-order valence-corrected chi connectivity index (χ2v) is 6.05. The number of rotatable bonds is 2. The van der Waals surface area contributed by atoms with Gasteiger partial charge in [0.1, 0.15) is 11.4 Å². The number of fused-ring (bicyclic) bond motifs is 1. The molecule has 0 unspecified atom stereocenters. The summed E-state index contributed by atoms with van der Waals surface area (Å²) in [6.07, 6.45) is -1.01. The van der Waals surface area contributed by atoms with Crippen LogP contribution in [-0.2, 0) is 9.53 Å². The summed E-state index contributed by atoms with van der Waals surface area (Å²) in [6, 6.07) is 6.33. The highest BCUT2D eigenvalue weighted by atomic mass is 19.1. The fourth-order valence-electron chi connectivity index (χ4n) is 2.27. The molecule has 4 nitrogen and oxygen atoms in total. The summed E-state index contributed by atoms with van der Waals surface area (Å²) in [6.45, 7) is 6.52. The van der Waals surface area contributed by atoms with Gasteiger partial charge < -0.3 is 9.47 Å². The maximum Gasteiger partial charge on any atom is 0.356 e. The first-order valence-corrected chi connectivity index (χ1v) is 6.93. The molecule has 0 radical (unpaired) electrons. The Bertz CT molecular complexity index is 576. The number of ether oxygens (including phenoxy) is 2. The van der Waals surface area contributed by atoms with E-state index in [4.69, 9.17) is 9.47 Å². The van der Waals surface area contributed by atoms with E-state index in [1.165, 1.54) is 6.07 Å². The number of alkyl halides is 1. The molecule has 0 fully saturated rings. The summed E-state index contributed by atoms with van der Waals surface area (Å²) >= 11 is 0. The first-order chi connectivity index (χ1) is 9.70. The lowest BCUT2D eigenvalue weighted by Crippen LogP contribution is -2.58. The van der Waals surface area contributed by atoms with Gasteiger partial charge in [-0.1, -0.05) is 19.1 Å². The van der Waals surface area contributed by atoms with Crippen molar-refractivity contribution in [1.29, 1.82) is 0 Å². The molecule has 5 heteroatoms. The molecular weight excluding hydrogens is 275 g/mol. The minimum Gasteiger partial charge on any atom is -0.485 e. The van der Waals surface area contributed by atoms with Gasteiger partial charge in [-0.2, -0.15) is 0 Å². The standard InChI is InChI=1S/C16H19FO4/c1-5-12-16(17,14(19)21-15(2,3)4)13(18)10-8-6-7-9-11(10)20-12/h6-9,12H,5H2,1-4H3/t12-,16-/m1/s1. The molecule has 0 aromatic heterocycles. The lowest BCUT2D eigenvalue weighted by atomic mass is 9.85. The van der Waals surface area contributed by atoms with Crippen LogP contribution in [0.2, 0.25) is 0 Å². The minimum absolute atomic E-state index is 0.0653. The van der Waals surface area contributed by atoms with Crippen molar-refractivity contribution < 1.29 is 23.5 Å². The van der Waals surface area contributed by atoms with Crippen molar-refractivity contribution >= 4 is 11.8 Å². The summed E-state index contributed by atoms with van der Waals surface area (Å²) in [5, 5.41) is 0. The van der Waals surface area contributed by atoms with Crippen LogP contribution in [0.1, 0.15) is 44.5 Å². The molecule has 0 amide bonds. The highest BCUT2D eigenvalue weighted by Crippen LogP contribution is 2.38. The minimum atomic E-state index is -2.81. The van der Waals surface area contributed by atoms with Gasteiger partial charge in [0.2, 0.25) is 5.78 Å². The van der Waals surface area contributed by atoms with Crippen molar-refractivity contribution in [3.8, 4) is 5.75 Å². The molecule has 2 atom stereocenters. The summed E-state index contributed by atoms with van der Waals surface area (Å²) in [5.74, 6) is -1.79. The van der Waals surface area contributed by atoms with Gasteiger partial charge >= 0.3 is 11.6 Å². The number of halogens is 1. The van der Waals surface area contributed by atoms with Crippen molar-refractivity contribution in [3.05, 3.63) is 29.8 Å². The second-order valence-electron chi connectivity index (χ2n) is 6.05. The first-order valence-electron chi connectivity index (χ1n) is 6.93. The predicted molar refractivity (Wildman–Crippen MR) is 75.2 cm³/mol. The Hall–Kier alpha value is -1.91. The van der Waals surface area contributed by atoms with E-state index in [0.717, 1.165) is 0 Å². The van der Waals surface area contributed by atoms with E-state index in [2.05, 4.69) is 0 Å². The van der Waals surface area contributed by atoms with Gasteiger partial charge in [0.15, 0.2) is 6.10 Å². The number of ketones is 1. The number of carbonyl (C=O) groups excluding carboxylic acids is 2. The summed E-state index contributed by atoms with van der Waals surface area (Å²) in [7, 11) is 0. The predicted octanol–water partition coefficient (Wildman–Crippen LogP) is 3.09. The third-order valence-corrected chi connectivity index (χ3v) is 3.24. The number of Topliss-reactive ketones (excluding diaryl/α,β-unsaturated/α-hetero) is 1. The van der Waals surface area contributed by atoms with Crippen LogP contribution >= 0.6 is 0 Å².